The molecule has 6 heteroatoms. The average molecular weight is 359 g/mol. The Kier molecular flexibility index (Phi) is 3.96. The summed E-state index contributed by atoms with van der Waals surface area (Å²) in [7, 11) is 0. The highest BCUT2D eigenvalue weighted by atomic mass is 16.2. The number of aromatic amines is 1. The lowest BCUT2D eigenvalue weighted by Crippen LogP contribution is -2.44. The van der Waals surface area contributed by atoms with E-state index < -0.39 is 0 Å². The summed E-state index contributed by atoms with van der Waals surface area (Å²) in [6.07, 6.45) is 12.1. The Morgan fingerprint density at radius 2 is 1.74 bits per heavy atom. The van der Waals surface area contributed by atoms with E-state index >= 15 is 0 Å². The molecule has 6 nitrogen and oxygen atoms in total. The average Bonchev–Trinajstić information content (AvgIpc) is 3.44. The Bertz CT molecular complexity index is 946. The van der Waals surface area contributed by atoms with Crippen molar-refractivity contribution in [1.82, 2.24) is 25.1 Å². The van der Waals surface area contributed by atoms with Gasteiger partial charge < -0.3 is 4.90 Å². The molecule has 0 spiro atoms. The van der Waals surface area contributed by atoms with Crippen LogP contribution in [0.15, 0.2) is 49.2 Å². The van der Waals surface area contributed by atoms with E-state index in [2.05, 4.69) is 25.1 Å². The minimum Gasteiger partial charge on any atom is -0.332 e. The summed E-state index contributed by atoms with van der Waals surface area (Å²) in [6, 6.07) is 8.45. The molecule has 1 unspecified atom stereocenters. The molecule has 1 saturated carbocycles. The number of benzene rings is 1. The van der Waals surface area contributed by atoms with Gasteiger partial charge in [-0.15, -0.1) is 0 Å². The molecular weight excluding hydrogens is 338 g/mol. The zero-order valence-electron chi connectivity index (χ0n) is 15.0. The molecule has 2 aliphatic carbocycles. The van der Waals surface area contributed by atoms with Crippen molar-refractivity contribution in [1.29, 1.82) is 0 Å². The number of amides is 1. The maximum atomic E-state index is 13.3. The third-order valence-electron chi connectivity index (χ3n) is 5.58. The van der Waals surface area contributed by atoms with Crippen molar-refractivity contribution in [3.63, 3.8) is 0 Å². The van der Waals surface area contributed by atoms with E-state index in [0.29, 0.717) is 6.04 Å². The highest BCUT2D eigenvalue weighted by Crippen LogP contribution is 2.34. The van der Waals surface area contributed by atoms with Crippen LogP contribution in [0.25, 0.3) is 11.1 Å². The predicted octanol–water partition coefficient (Wildman–Crippen LogP) is 3.03. The molecule has 2 aromatic heterocycles. The molecule has 3 aromatic rings. The predicted molar refractivity (Wildman–Crippen MR) is 101 cm³/mol. The lowest BCUT2D eigenvalue weighted by molar-refractivity contribution is 0.0643. The molecular formula is C21H21N5O. The van der Waals surface area contributed by atoms with E-state index in [9.17, 15) is 4.79 Å². The first-order valence-corrected chi connectivity index (χ1v) is 9.49. The summed E-state index contributed by atoms with van der Waals surface area (Å²) >= 11 is 0. The summed E-state index contributed by atoms with van der Waals surface area (Å²) < 4.78 is 0. The Labute approximate surface area is 157 Å². The van der Waals surface area contributed by atoms with Crippen molar-refractivity contribution >= 4 is 5.91 Å². The SMILES string of the molecule is O=C(c1ccc(-c2cncnc2)cc1)N(C1CC1)C1CCc2[nH]ncc2C1. The standard InChI is InChI=1S/C21H21N5O/c27-21(15-3-1-14(2-4-15)17-10-22-13-23-11-17)26(18-5-6-18)19-7-8-20-16(9-19)12-24-25-20/h1-4,10-13,18-19H,5-9H2,(H,24,25). The third-order valence-corrected chi connectivity index (χ3v) is 5.58. The summed E-state index contributed by atoms with van der Waals surface area (Å²) in [5.41, 5.74) is 5.20. The Balaban J connectivity index is 1.38. The molecule has 2 aliphatic rings. The Morgan fingerprint density at radius 1 is 0.963 bits per heavy atom. The molecule has 2 heterocycles. The monoisotopic (exact) mass is 359 g/mol. The van der Waals surface area contributed by atoms with Crippen LogP contribution in [-0.2, 0) is 12.8 Å². The number of rotatable bonds is 4. The number of hydrogen-bond acceptors (Lipinski definition) is 4. The second kappa shape index (κ2) is 6.61. The van der Waals surface area contributed by atoms with Crippen molar-refractivity contribution in [2.24, 2.45) is 0 Å². The molecule has 1 atom stereocenters. The fourth-order valence-corrected chi connectivity index (χ4v) is 4.02. The van der Waals surface area contributed by atoms with Crippen LogP contribution in [0.2, 0.25) is 0 Å². The van der Waals surface area contributed by atoms with Gasteiger partial charge >= 0.3 is 0 Å². The van der Waals surface area contributed by atoms with Crippen LogP contribution in [-0.4, -0.2) is 43.1 Å². The van der Waals surface area contributed by atoms with E-state index in [1.54, 1.807) is 12.4 Å². The largest absolute Gasteiger partial charge is 0.332 e. The van der Waals surface area contributed by atoms with E-state index in [1.807, 2.05) is 30.5 Å². The van der Waals surface area contributed by atoms with Gasteiger partial charge in [0.15, 0.2) is 0 Å². The minimum absolute atomic E-state index is 0.144. The maximum absolute atomic E-state index is 13.3. The lowest BCUT2D eigenvalue weighted by Gasteiger charge is -2.34. The van der Waals surface area contributed by atoms with Crippen molar-refractivity contribution in [3.05, 3.63) is 66.0 Å². The number of carbonyl (C=O) groups is 1. The van der Waals surface area contributed by atoms with E-state index in [4.69, 9.17) is 0 Å². The highest BCUT2D eigenvalue weighted by molar-refractivity contribution is 5.95. The molecule has 0 radical (unpaired) electrons. The molecule has 1 fully saturated rings. The van der Waals surface area contributed by atoms with Gasteiger partial charge in [0.25, 0.3) is 5.91 Å². The lowest BCUT2D eigenvalue weighted by atomic mass is 9.91. The van der Waals surface area contributed by atoms with Crippen LogP contribution in [0.4, 0.5) is 0 Å². The van der Waals surface area contributed by atoms with Crippen molar-refractivity contribution in [3.8, 4) is 11.1 Å². The van der Waals surface area contributed by atoms with Crippen molar-refractivity contribution < 1.29 is 4.79 Å². The minimum atomic E-state index is 0.144. The molecule has 136 valence electrons. The maximum Gasteiger partial charge on any atom is 0.254 e. The summed E-state index contributed by atoms with van der Waals surface area (Å²) in [5, 5.41) is 7.24. The number of fused-ring (bicyclic) bond motifs is 1. The van der Waals surface area contributed by atoms with Crippen molar-refractivity contribution in [2.45, 2.75) is 44.2 Å². The van der Waals surface area contributed by atoms with Crippen LogP contribution in [0.1, 0.15) is 40.9 Å². The summed E-state index contributed by atoms with van der Waals surface area (Å²) in [6.45, 7) is 0. The van der Waals surface area contributed by atoms with E-state index in [-0.39, 0.29) is 11.9 Å². The van der Waals surface area contributed by atoms with Gasteiger partial charge in [-0.1, -0.05) is 12.1 Å². The van der Waals surface area contributed by atoms with Crippen LogP contribution < -0.4 is 0 Å². The quantitative estimate of drug-likeness (QED) is 0.777. The zero-order chi connectivity index (χ0) is 18.2. The summed E-state index contributed by atoms with van der Waals surface area (Å²) in [5.74, 6) is 0.144. The molecule has 5 rings (SSSR count). The number of aryl methyl sites for hydroxylation is 1. The van der Waals surface area contributed by atoms with Gasteiger partial charge in [0, 0.05) is 41.3 Å². The number of nitrogens with one attached hydrogen (secondary N) is 1. The van der Waals surface area contributed by atoms with Gasteiger partial charge in [-0.3, -0.25) is 9.89 Å². The second-order valence-electron chi connectivity index (χ2n) is 7.42. The molecule has 0 aliphatic heterocycles. The molecule has 0 saturated heterocycles. The highest BCUT2D eigenvalue weighted by Gasteiger charge is 2.39. The molecule has 1 aromatic carbocycles. The Morgan fingerprint density at radius 3 is 2.48 bits per heavy atom. The van der Waals surface area contributed by atoms with Crippen LogP contribution in [0.5, 0.6) is 0 Å². The molecule has 1 N–H and O–H groups in total. The summed E-state index contributed by atoms with van der Waals surface area (Å²) in [4.78, 5) is 23.6. The molecule has 1 amide bonds. The van der Waals surface area contributed by atoms with Crippen molar-refractivity contribution in [2.75, 3.05) is 0 Å². The first-order valence-electron chi connectivity index (χ1n) is 9.49. The molecule has 0 bridgehead atoms. The number of hydrogen-bond donors (Lipinski definition) is 1. The number of H-pyrrole nitrogens is 1. The number of nitrogens with zero attached hydrogens (tertiary/aromatic N) is 4. The van der Waals surface area contributed by atoms with Gasteiger partial charge in [0.05, 0.1) is 6.20 Å². The zero-order valence-corrected chi connectivity index (χ0v) is 15.0. The smallest absolute Gasteiger partial charge is 0.254 e. The topological polar surface area (TPSA) is 74.8 Å². The molecule has 27 heavy (non-hydrogen) atoms. The first-order chi connectivity index (χ1) is 13.3. The first kappa shape index (κ1) is 16.2. The fourth-order valence-electron chi connectivity index (χ4n) is 4.02. The fraction of sp³-hybridized carbons (Fsp3) is 0.333. The van der Waals surface area contributed by atoms with E-state index in [0.717, 1.165) is 48.8 Å². The van der Waals surface area contributed by atoms with Gasteiger partial charge in [-0.05, 0) is 55.4 Å². The number of aromatic nitrogens is 4. The van der Waals surface area contributed by atoms with Gasteiger partial charge in [0.2, 0.25) is 0 Å². The number of carbonyl (C=O) groups excluding carboxylic acids is 1. The van der Waals surface area contributed by atoms with Gasteiger partial charge in [-0.25, -0.2) is 9.97 Å². The van der Waals surface area contributed by atoms with E-state index in [1.165, 1.54) is 17.6 Å². The van der Waals surface area contributed by atoms with Gasteiger partial charge in [-0.2, -0.15) is 5.10 Å². The van der Waals surface area contributed by atoms with Crippen LogP contribution in [0.3, 0.4) is 0 Å². The van der Waals surface area contributed by atoms with Crippen LogP contribution in [0, 0.1) is 0 Å². The normalized spacial score (nSPS) is 18.7. The Hall–Kier alpha value is -3.02. The third kappa shape index (κ3) is 3.12. The van der Waals surface area contributed by atoms with Gasteiger partial charge in [0.1, 0.15) is 6.33 Å². The second-order valence-corrected chi connectivity index (χ2v) is 7.42. The van der Waals surface area contributed by atoms with Crippen LogP contribution >= 0.6 is 0 Å².